The van der Waals surface area contributed by atoms with Gasteiger partial charge in [0.1, 0.15) is 0 Å². The highest BCUT2D eigenvalue weighted by Crippen LogP contribution is 2.27. The number of aromatic nitrogens is 1. The summed E-state index contributed by atoms with van der Waals surface area (Å²) in [5.74, 6) is -0.396. The summed E-state index contributed by atoms with van der Waals surface area (Å²) >= 11 is 3.41. The molecule has 0 unspecified atom stereocenters. The highest BCUT2D eigenvalue weighted by molar-refractivity contribution is 9.10. The Bertz CT molecular complexity index is 516. The quantitative estimate of drug-likeness (QED) is 0.805. The number of hydrogen-bond donors (Lipinski definition) is 2. The lowest BCUT2D eigenvalue weighted by Crippen LogP contribution is -2.11. The number of primary amides is 1. The van der Waals surface area contributed by atoms with Crippen molar-refractivity contribution in [3.8, 4) is 0 Å². The molecule has 1 aromatic carbocycles. The van der Waals surface area contributed by atoms with Gasteiger partial charge in [-0.15, -0.1) is 0 Å². The van der Waals surface area contributed by atoms with Crippen LogP contribution in [0.3, 0.4) is 0 Å². The van der Waals surface area contributed by atoms with Crippen molar-refractivity contribution in [1.29, 1.82) is 0 Å². The largest absolute Gasteiger partial charge is 0.366 e. The molecule has 2 aromatic rings. The number of nitrogens with one attached hydrogen (secondary N) is 1. The van der Waals surface area contributed by atoms with Gasteiger partial charge < -0.3 is 10.7 Å². The number of H-pyrrole nitrogens is 1. The molecule has 2 rings (SSSR count). The molecule has 3 nitrogen and oxygen atoms in total. The van der Waals surface area contributed by atoms with Gasteiger partial charge in [0.2, 0.25) is 0 Å². The number of carbonyl (C=O) groups excluding carboxylic acids is 1. The fourth-order valence-electron chi connectivity index (χ4n) is 1.63. The van der Waals surface area contributed by atoms with Crippen LogP contribution >= 0.6 is 15.9 Å². The molecule has 1 heterocycles. The van der Waals surface area contributed by atoms with Crippen LogP contribution in [0.1, 0.15) is 16.1 Å². The van der Waals surface area contributed by atoms with E-state index in [4.69, 9.17) is 5.73 Å². The lowest BCUT2D eigenvalue weighted by atomic mass is 10.1. The highest BCUT2D eigenvalue weighted by atomic mass is 79.9. The molecule has 1 amide bonds. The van der Waals surface area contributed by atoms with Gasteiger partial charge in [-0.05, 0) is 28.9 Å². The van der Waals surface area contributed by atoms with Crippen LogP contribution in [0.15, 0.2) is 22.7 Å². The molecule has 0 aliphatic carbocycles. The minimum atomic E-state index is -0.396. The van der Waals surface area contributed by atoms with Crippen LogP contribution in [0.4, 0.5) is 0 Å². The first-order valence-corrected chi connectivity index (χ1v) is 4.97. The Balaban J connectivity index is 2.90. The summed E-state index contributed by atoms with van der Waals surface area (Å²) in [5, 5.41) is 0.865. The van der Waals surface area contributed by atoms with Crippen LogP contribution in [0.2, 0.25) is 0 Å². The van der Waals surface area contributed by atoms with Gasteiger partial charge in [-0.3, -0.25) is 4.79 Å². The van der Waals surface area contributed by atoms with Crippen molar-refractivity contribution in [3.05, 3.63) is 33.9 Å². The summed E-state index contributed by atoms with van der Waals surface area (Å²) in [6, 6.07) is 5.68. The molecule has 14 heavy (non-hydrogen) atoms. The van der Waals surface area contributed by atoms with E-state index in [9.17, 15) is 4.79 Å². The van der Waals surface area contributed by atoms with Crippen LogP contribution in [-0.4, -0.2) is 10.9 Å². The summed E-state index contributed by atoms with van der Waals surface area (Å²) in [6.45, 7) is 1.84. The number of hydrogen-bond acceptors (Lipinski definition) is 1. The minimum Gasteiger partial charge on any atom is -0.366 e. The predicted octanol–water partition coefficient (Wildman–Crippen LogP) is 2.34. The first-order chi connectivity index (χ1) is 6.61. The number of benzene rings is 1. The van der Waals surface area contributed by atoms with Crippen LogP contribution in [0.25, 0.3) is 10.9 Å². The van der Waals surface area contributed by atoms with Crippen molar-refractivity contribution in [2.24, 2.45) is 5.73 Å². The van der Waals surface area contributed by atoms with Crippen molar-refractivity contribution in [2.45, 2.75) is 6.92 Å². The maximum atomic E-state index is 11.2. The van der Waals surface area contributed by atoms with E-state index in [0.717, 1.165) is 21.1 Å². The molecule has 0 radical (unpaired) electrons. The average molecular weight is 253 g/mol. The zero-order chi connectivity index (χ0) is 10.3. The normalized spacial score (nSPS) is 10.7. The third-order valence-electron chi connectivity index (χ3n) is 2.22. The third-order valence-corrected chi connectivity index (χ3v) is 2.88. The van der Waals surface area contributed by atoms with Gasteiger partial charge in [0.15, 0.2) is 0 Å². The fourth-order valence-corrected chi connectivity index (χ4v) is 2.09. The van der Waals surface area contributed by atoms with Crippen molar-refractivity contribution in [1.82, 2.24) is 4.98 Å². The monoisotopic (exact) mass is 252 g/mol. The number of para-hydroxylation sites is 1. The SMILES string of the molecule is Cc1[nH]c2c(Br)cccc2c1C(N)=O. The van der Waals surface area contributed by atoms with E-state index in [-0.39, 0.29) is 0 Å². The molecule has 0 spiro atoms. The third kappa shape index (κ3) is 1.23. The molecule has 0 fully saturated rings. The zero-order valence-corrected chi connectivity index (χ0v) is 9.18. The molecule has 1 aromatic heterocycles. The molecule has 3 N–H and O–H groups in total. The molecular weight excluding hydrogens is 244 g/mol. The highest BCUT2D eigenvalue weighted by Gasteiger charge is 2.13. The Morgan fingerprint density at radius 2 is 2.21 bits per heavy atom. The molecule has 4 heteroatoms. The van der Waals surface area contributed by atoms with Crippen molar-refractivity contribution >= 4 is 32.7 Å². The second-order valence-corrected chi connectivity index (χ2v) is 4.01. The van der Waals surface area contributed by atoms with Gasteiger partial charge >= 0.3 is 0 Å². The molecule has 0 atom stereocenters. The van der Waals surface area contributed by atoms with Gasteiger partial charge in [0.05, 0.1) is 11.1 Å². The van der Waals surface area contributed by atoms with E-state index in [1.807, 2.05) is 25.1 Å². The first-order valence-electron chi connectivity index (χ1n) is 4.18. The lowest BCUT2D eigenvalue weighted by molar-refractivity contribution is 0.100. The fraction of sp³-hybridized carbons (Fsp3) is 0.100. The van der Waals surface area contributed by atoms with E-state index < -0.39 is 5.91 Å². The number of amides is 1. The number of carbonyl (C=O) groups is 1. The standard InChI is InChI=1S/C10H9BrN2O/c1-5-8(10(12)14)6-3-2-4-7(11)9(6)13-5/h2-4,13H,1H3,(H2,12,14). The maximum absolute atomic E-state index is 11.2. The molecule has 0 bridgehead atoms. The Morgan fingerprint density at radius 3 is 2.86 bits per heavy atom. The Hall–Kier alpha value is -1.29. The van der Waals surface area contributed by atoms with Crippen LogP contribution in [0.5, 0.6) is 0 Å². The summed E-state index contributed by atoms with van der Waals surface area (Å²) < 4.78 is 0.936. The molecule has 0 aliphatic rings. The molecule has 0 saturated carbocycles. The van der Waals surface area contributed by atoms with E-state index in [0.29, 0.717) is 5.56 Å². The van der Waals surface area contributed by atoms with E-state index in [1.54, 1.807) is 0 Å². The molecule has 0 saturated heterocycles. The lowest BCUT2D eigenvalue weighted by Gasteiger charge is -1.94. The van der Waals surface area contributed by atoms with Crippen molar-refractivity contribution < 1.29 is 4.79 Å². The van der Waals surface area contributed by atoms with Crippen LogP contribution in [0, 0.1) is 6.92 Å². The Kier molecular flexibility index (Phi) is 2.07. The first kappa shape index (κ1) is 9.27. The second kappa shape index (κ2) is 3.13. The van der Waals surface area contributed by atoms with Gasteiger partial charge in [-0.2, -0.15) is 0 Å². The topological polar surface area (TPSA) is 58.9 Å². The molecular formula is C10H9BrN2O. The van der Waals surface area contributed by atoms with Crippen LogP contribution < -0.4 is 5.73 Å². The zero-order valence-electron chi connectivity index (χ0n) is 7.60. The number of halogens is 1. The summed E-state index contributed by atoms with van der Waals surface area (Å²) in [4.78, 5) is 14.3. The summed E-state index contributed by atoms with van der Waals surface area (Å²) in [6.07, 6.45) is 0. The predicted molar refractivity (Wildman–Crippen MR) is 59.3 cm³/mol. The Labute approximate surface area is 89.4 Å². The van der Waals surface area contributed by atoms with Gasteiger partial charge in [-0.1, -0.05) is 12.1 Å². The van der Waals surface area contributed by atoms with Gasteiger partial charge in [0.25, 0.3) is 5.91 Å². The number of aromatic amines is 1. The van der Waals surface area contributed by atoms with E-state index in [2.05, 4.69) is 20.9 Å². The van der Waals surface area contributed by atoms with Crippen molar-refractivity contribution in [2.75, 3.05) is 0 Å². The summed E-state index contributed by atoms with van der Waals surface area (Å²) in [5.41, 5.74) is 7.59. The number of fused-ring (bicyclic) bond motifs is 1. The maximum Gasteiger partial charge on any atom is 0.251 e. The molecule has 72 valence electrons. The minimum absolute atomic E-state index is 0.396. The van der Waals surface area contributed by atoms with E-state index >= 15 is 0 Å². The summed E-state index contributed by atoms with van der Waals surface area (Å²) in [7, 11) is 0. The van der Waals surface area contributed by atoms with Gasteiger partial charge in [-0.25, -0.2) is 0 Å². The van der Waals surface area contributed by atoms with Gasteiger partial charge in [0, 0.05) is 15.6 Å². The average Bonchev–Trinajstić information content (AvgIpc) is 2.42. The van der Waals surface area contributed by atoms with E-state index in [1.165, 1.54) is 0 Å². The Morgan fingerprint density at radius 1 is 1.50 bits per heavy atom. The van der Waals surface area contributed by atoms with Crippen LogP contribution in [-0.2, 0) is 0 Å². The molecule has 0 aliphatic heterocycles. The van der Waals surface area contributed by atoms with Crippen molar-refractivity contribution in [3.63, 3.8) is 0 Å². The smallest absolute Gasteiger partial charge is 0.251 e. The second-order valence-electron chi connectivity index (χ2n) is 3.15. The number of nitrogens with two attached hydrogens (primary N) is 1. The number of aryl methyl sites for hydroxylation is 1. The number of rotatable bonds is 1.